The number of rotatable bonds is 10. The monoisotopic (exact) mass is 396 g/mol. The van der Waals surface area contributed by atoms with Crippen molar-refractivity contribution in [1.82, 2.24) is 9.62 Å². The van der Waals surface area contributed by atoms with Gasteiger partial charge in [0.1, 0.15) is 5.75 Å². The van der Waals surface area contributed by atoms with E-state index in [1.165, 1.54) is 12.1 Å². The van der Waals surface area contributed by atoms with Gasteiger partial charge in [-0.1, -0.05) is 6.07 Å². The molecule has 142 valence electrons. The predicted octanol–water partition coefficient (Wildman–Crippen LogP) is 2.86. The third-order valence-corrected chi connectivity index (χ3v) is 6.08. The topological polar surface area (TPSA) is 75.7 Å². The van der Waals surface area contributed by atoms with Crippen molar-refractivity contribution in [2.45, 2.75) is 31.7 Å². The molecule has 0 saturated carbocycles. The summed E-state index contributed by atoms with van der Waals surface area (Å²) in [6, 6.07) is 10.1. The number of carbonyl (C=O) groups is 1. The molecule has 6 nitrogen and oxygen atoms in total. The molecule has 26 heavy (non-hydrogen) atoms. The summed E-state index contributed by atoms with van der Waals surface area (Å²) >= 11 is 1.60. The lowest BCUT2D eigenvalue weighted by molar-refractivity contribution is -0.131. The van der Waals surface area contributed by atoms with Gasteiger partial charge in [0.25, 0.3) is 0 Å². The Morgan fingerprint density at radius 1 is 1.19 bits per heavy atom. The lowest BCUT2D eigenvalue weighted by Gasteiger charge is -2.20. The minimum absolute atomic E-state index is 0.0648. The second kappa shape index (κ2) is 9.70. The highest BCUT2D eigenvalue weighted by Crippen LogP contribution is 2.16. The molecule has 1 heterocycles. The molecule has 0 saturated heterocycles. The highest BCUT2D eigenvalue weighted by atomic mass is 32.2. The van der Waals surface area contributed by atoms with E-state index in [9.17, 15) is 13.2 Å². The minimum Gasteiger partial charge on any atom is -0.494 e. The number of amides is 1. The fourth-order valence-corrected chi connectivity index (χ4v) is 4.13. The summed E-state index contributed by atoms with van der Waals surface area (Å²) in [6.07, 6.45) is 0.121. The molecule has 2 rings (SSSR count). The van der Waals surface area contributed by atoms with Gasteiger partial charge in [-0.2, -0.15) is 0 Å². The van der Waals surface area contributed by atoms with Gasteiger partial charge in [0, 0.05) is 24.4 Å². The maximum absolute atomic E-state index is 12.3. The second-order valence-electron chi connectivity index (χ2n) is 5.54. The van der Waals surface area contributed by atoms with E-state index in [1.807, 2.05) is 31.4 Å². The normalized spacial score (nSPS) is 11.3. The Hall–Kier alpha value is -1.90. The summed E-state index contributed by atoms with van der Waals surface area (Å²) in [5.41, 5.74) is 0. The van der Waals surface area contributed by atoms with Crippen LogP contribution in [0.4, 0.5) is 0 Å². The Morgan fingerprint density at radius 2 is 1.92 bits per heavy atom. The zero-order chi connectivity index (χ0) is 19.0. The molecule has 0 atom stereocenters. The first kappa shape index (κ1) is 20.4. The third-order valence-electron chi connectivity index (χ3n) is 3.74. The highest BCUT2D eigenvalue weighted by molar-refractivity contribution is 7.89. The molecule has 0 unspecified atom stereocenters. The number of sulfonamides is 1. The predicted molar refractivity (Wildman–Crippen MR) is 103 cm³/mol. The Labute approximate surface area is 158 Å². The molecule has 0 fully saturated rings. The summed E-state index contributed by atoms with van der Waals surface area (Å²) in [6.45, 7) is 5.50. The van der Waals surface area contributed by atoms with E-state index in [0.717, 1.165) is 4.88 Å². The average molecular weight is 397 g/mol. The van der Waals surface area contributed by atoms with Crippen LogP contribution in [0.5, 0.6) is 5.75 Å². The number of thiophene rings is 1. The molecule has 0 bridgehead atoms. The van der Waals surface area contributed by atoms with Crippen LogP contribution in [0.15, 0.2) is 46.7 Å². The molecule has 1 amide bonds. The van der Waals surface area contributed by atoms with Crippen molar-refractivity contribution in [1.29, 1.82) is 0 Å². The first-order valence-corrected chi connectivity index (χ1v) is 10.8. The summed E-state index contributed by atoms with van der Waals surface area (Å²) in [5, 5.41) is 1.97. The van der Waals surface area contributed by atoms with Crippen molar-refractivity contribution in [3.8, 4) is 5.75 Å². The summed E-state index contributed by atoms with van der Waals surface area (Å²) in [5.74, 6) is 0.545. The lowest BCUT2D eigenvalue weighted by Crippen LogP contribution is -2.34. The SMILES string of the molecule is CCOc1ccc(S(=O)(=O)NCCC(=O)N(CC)Cc2cccs2)cc1. The third kappa shape index (κ3) is 5.82. The van der Waals surface area contributed by atoms with Crippen LogP contribution in [-0.2, 0) is 21.4 Å². The Kier molecular flexibility index (Phi) is 7.62. The molecular formula is C18H24N2O4S2. The fourth-order valence-electron chi connectivity index (χ4n) is 2.38. The molecule has 8 heteroatoms. The van der Waals surface area contributed by atoms with Gasteiger partial charge in [0.05, 0.1) is 18.0 Å². The number of nitrogens with one attached hydrogen (secondary N) is 1. The van der Waals surface area contributed by atoms with Crippen LogP contribution < -0.4 is 9.46 Å². The van der Waals surface area contributed by atoms with E-state index in [0.29, 0.717) is 25.4 Å². The number of benzene rings is 1. The van der Waals surface area contributed by atoms with Crippen LogP contribution in [0.1, 0.15) is 25.1 Å². The van der Waals surface area contributed by atoms with Gasteiger partial charge in [0.2, 0.25) is 15.9 Å². The van der Waals surface area contributed by atoms with Crippen molar-refractivity contribution in [3.05, 3.63) is 46.7 Å². The van der Waals surface area contributed by atoms with Crippen LogP contribution in [0.2, 0.25) is 0 Å². The van der Waals surface area contributed by atoms with Crippen LogP contribution in [0.25, 0.3) is 0 Å². The van der Waals surface area contributed by atoms with Gasteiger partial charge in [0.15, 0.2) is 0 Å². The van der Waals surface area contributed by atoms with Gasteiger partial charge in [-0.25, -0.2) is 13.1 Å². The first-order valence-electron chi connectivity index (χ1n) is 8.49. The van der Waals surface area contributed by atoms with Gasteiger partial charge < -0.3 is 9.64 Å². The maximum Gasteiger partial charge on any atom is 0.240 e. The van der Waals surface area contributed by atoms with Gasteiger partial charge in [-0.05, 0) is 49.6 Å². The summed E-state index contributed by atoms with van der Waals surface area (Å²) < 4.78 is 32.4. The molecule has 1 aromatic heterocycles. The quantitative estimate of drug-likeness (QED) is 0.670. The Balaban J connectivity index is 1.87. The Bertz CT molecular complexity index is 787. The van der Waals surface area contributed by atoms with E-state index in [1.54, 1.807) is 28.4 Å². The molecule has 0 aliphatic rings. The fraction of sp³-hybridized carbons (Fsp3) is 0.389. The zero-order valence-corrected chi connectivity index (χ0v) is 16.6. The molecule has 1 aromatic carbocycles. The van der Waals surface area contributed by atoms with Gasteiger partial charge >= 0.3 is 0 Å². The number of hydrogen-bond donors (Lipinski definition) is 1. The highest BCUT2D eigenvalue weighted by Gasteiger charge is 2.17. The van der Waals surface area contributed by atoms with Crippen molar-refractivity contribution >= 4 is 27.3 Å². The molecular weight excluding hydrogens is 372 g/mol. The number of carbonyl (C=O) groups excluding carboxylic acids is 1. The second-order valence-corrected chi connectivity index (χ2v) is 8.34. The molecule has 0 radical (unpaired) electrons. The summed E-state index contributed by atoms with van der Waals surface area (Å²) in [4.78, 5) is 15.3. The van der Waals surface area contributed by atoms with Crippen LogP contribution in [0.3, 0.4) is 0 Å². The van der Waals surface area contributed by atoms with Crippen LogP contribution in [-0.4, -0.2) is 38.9 Å². The molecule has 0 spiro atoms. The van der Waals surface area contributed by atoms with Crippen LogP contribution >= 0.6 is 11.3 Å². The van der Waals surface area contributed by atoms with E-state index in [2.05, 4.69) is 4.72 Å². The van der Waals surface area contributed by atoms with E-state index in [-0.39, 0.29) is 23.8 Å². The van der Waals surface area contributed by atoms with Crippen molar-refractivity contribution in [3.63, 3.8) is 0 Å². The number of ether oxygens (including phenoxy) is 1. The number of hydrogen-bond acceptors (Lipinski definition) is 5. The van der Waals surface area contributed by atoms with E-state index >= 15 is 0 Å². The lowest BCUT2D eigenvalue weighted by atomic mass is 10.3. The van der Waals surface area contributed by atoms with E-state index < -0.39 is 10.0 Å². The molecule has 0 aliphatic heterocycles. The van der Waals surface area contributed by atoms with Crippen LogP contribution in [0, 0.1) is 0 Å². The minimum atomic E-state index is -3.64. The first-order chi connectivity index (χ1) is 12.5. The molecule has 1 N–H and O–H groups in total. The van der Waals surface area contributed by atoms with Gasteiger partial charge in [-0.3, -0.25) is 4.79 Å². The summed E-state index contributed by atoms with van der Waals surface area (Å²) in [7, 11) is -3.64. The zero-order valence-electron chi connectivity index (χ0n) is 15.0. The number of nitrogens with zero attached hydrogens (tertiary/aromatic N) is 1. The molecule has 0 aliphatic carbocycles. The maximum atomic E-state index is 12.3. The molecule has 2 aromatic rings. The van der Waals surface area contributed by atoms with Gasteiger partial charge in [-0.15, -0.1) is 11.3 Å². The average Bonchev–Trinajstić information content (AvgIpc) is 3.13. The smallest absolute Gasteiger partial charge is 0.240 e. The van der Waals surface area contributed by atoms with E-state index in [4.69, 9.17) is 4.74 Å². The van der Waals surface area contributed by atoms with Crippen molar-refractivity contribution in [2.75, 3.05) is 19.7 Å². The standard InChI is InChI=1S/C18H24N2O4S2/c1-3-20(14-16-6-5-13-25-16)18(21)11-12-19-26(22,23)17-9-7-15(8-10-17)24-4-2/h5-10,13,19H,3-4,11-12,14H2,1-2H3. The Morgan fingerprint density at radius 3 is 2.50 bits per heavy atom. The largest absolute Gasteiger partial charge is 0.494 e. The van der Waals surface area contributed by atoms with Crippen molar-refractivity contribution in [2.24, 2.45) is 0 Å². The van der Waals surface area contributed by atoms with Crippen molar-refractivity contribution < 1.29 is 17.9 Å².